The van der Waals surface area contributed by atoms with E-state index in [9.17, 15) is 5.11 Å². The number of phenols is 1. The average molecular weight is 428 g/mol. The highest BCUT2D eigenvalue weighted by Gasteiger charge is 2.38. The third-order valence-electron chi connectivity index (χ3n) is 6.24. The number of phenolic OH excluding ortho intramolecular Hbond substituents is 1. The van der Waals surface area contributed by atoms with Gasteiger partial charge in [-0.05, 0) is 82.0 Å². The summed E-state index contributed by atoms with van der Waals surface area (Å²) in [7, 11) is 0. The first kappa shape index (κ1) is 20.6. The molecule has 0 aliphatic carbocycles. The zero-order chi connectivity index (χ0) is 22.5. The minimum Gasteiger partial charge on any atom is -0.507 e. The van der Waals surface area contributed by atoms with E-state index in [4.69, 9.17) is 9.97 Å². The molecule has 0 saturated carbocycles. The molecule has 32 heavy (non-hydrogen) atoms. The lowest BCUT2D eigenvalue weighted by Crippen LogP contribution is -2.57. The number of hydrogen-bond acceptors (Lipinski definition) is 5. The van der Waals surface area contributed by atoms with Crippen molar-refractivity contribution in [3.63, 3.8) is 0 Å². The van der Waals surface area contributed by atoms with Gasteiger partial charge in [-0.25, -0.2) is 9.97 Å². The Morgan fingerprint density at radius 1 is 0.938 bits per heavy atom. The van der Waals surface area contributed by atoms with Gasteiger partial charge in [-0.2, -0.15) is 0 Å². The van der Waals surface area contributed by atoms with Gasteiger partial charge in [0.2, 0.25) is 5.78 Å². The summed E-state index contributed by atoms with van der Waals surface area (Å²) < 4.78 is 1.92. The Kier molecular flexibility index (Phi) is 4.78. The molecule has 164 valence electrons. The van der Waals surface area contributed by atoms with Crippen molar-refractivity contribution in [2.45, 2.75) is 57.5 Å². The molecule has 6 nitrogen and oxygen atoms in total. The largest absolute Gasteiger partial charge is 0.507 e. The van der Waals surface area contributed by atoms with E-state index < -0.39 is 0 Å². The van der Waals surface area contributed by atoms with Gasteiger partial charge in [-0.3, -0.25) is 9.38 Å². The fourth-order valence-corrected chi connectivity index (χ4v) is 5.25. The van der Waals surface area contributed by atoms with Crippen LogP contribution >= 0.6 is 0 Å². The van der Waals surface area contributed by atoms with Gasteiger partial charge >= 0.3 is 0 Å². The summed E-state index contributed by atoms with van der Waals surface area (Å²) >= 11 is 0. The summed E-state index contributed by atoms with van der Waals surface area (Å²) in [5, 5.41) is 14.4. The molecule has 2 N–H and O–H groups in total. The van der Waals surface area contributed by atoms with Gasteiger partial charge in [0.05, 0.1) is 5.69 Å². The SMILES string of the molecule is CC1(C)CC(c2ccn3cc(-c4ccc(-c5ccncc5)cc4O)nc3n2)CC(C)(C)N1. The van der Waals surface area contributed by atoms with E-state index in [1.165, 1.54) is 0 Å². The highest BCUT2D eigenvalue weighted by atomic mass is 16.3. The third-order valence-corrected chi connectivity index (χ3v) is 6.24. The van der Waals surface area contributed by atoms with Crippen LogP contribution in [0.3, 0.4) is 0 Å². The lowest BCUT2D eigenvalue weighted by Gasteiger charge is -2.46. The number of nitrogens with zero attached hydrogens (tertiary/aromatic N) is 4. The van der Waals surface area contributed by atoms with Crippen molar-refractivity contribution in [2.75, 3.05) is 0 Å². The second kappa shape index (κ2) is 7.41. The van der Waals surface area contributed by atoms with Crippen LogP contribution < -0.4 is 5.32 Å². The summed E-state index contributed by atoms with van der Waals surface area (Å²) in [5.41, 5.74) is 4.55. The smallest absolute Gasteiger partial charge is 0.234 e. The van der Waals surface area contributed by atoms with Gasteiger partial charge in [0.1, 0.15) is 5.75 Å². The van der Waals surface area contributed by atoms with Crippen LogP contribution in [0.1, 0.15) is 52.1 Å². The van der Waals surface area contributed by atoms with Crippen molar-refractivity contribution in [3.8, 4) is 28.1 Å². The van der Waals surface area contributed by atoms with E-state index in [-0.39, 0.29) is 16.8 Å². The molecule has 0 amide bonds. The molecule has 1 aliphatic heterocycles. The van der Waals surface area contributed by atoms with Gasteiger partial charge in [0.15, 0.2) is 0 Å². The van der Waals surface area contributed by atoms with E-state index in [1.807, 2.05) is 41.1 Å². The fraction of sp³-hybridized carbons (Fsp3) is 0.346. The molecule has 0 radical (unpaired) electrons. The minimum absolute atomic E-state index is 0.0587. The molecule has 4 heterocycles. The number of pyridine rings is 1. The van der Waals surface area contributed by atoms with Crippen molar-refractivity contribution in [1.82, 2.24) is 24.7 Å². The van der Waals surface area contributed by atoms with Crippen LogP contribution in [0.2, 0.25) is 0 Å². The zero-order valence-corrected chi connectivity index (χ0v) is 19.0. The molecule has 1 fully saturated rings. The summed E-state index contributed by atoms with van der Waals surface area (Å²) in [6.07, 6.45) is 9.50. The maximum absolute atomic E-state index is 10.7. The first-order chi connectivity index (χ1) is 15.2. The number of imidazole rings is 1. The van der Waals surface area contributed by atoms with Crippen molar-refractivity contribution < 1.29 is 5.11 Å². The molecule has 6 heteroatoms. The summed E-state index contributed by atoms with van der Waals surface area (Å²) in [5.74, 6) is 1.23. The summed E-state index contributed by atoms with van der Waals surface area (Å²) in [4.78, 5) is 13.7. The third kappa shape index (κ3) is 3.98. The lowest BCUT2D eigenvalue weighted by atomic mass is 9.74. The molecule has 3 aromatic heterocycles. The Morgan fingerprint density at radius 3 is 2.34 bits per heavy atom. The van der Waals surface area contributed by atoms with Crippen LogP contribution in [0.5, 0.6) is 5.75 Å². The molecule has 0 bridgehead atoms. The molecular weight excluding hydrogens is 398 g/mol. The van der Waals surface area contributed by atoms with E-state index >= 15 is 0 Å². The van der Waals surface area contributed by atoms with E-state index in [0.29, 0.717) is 23.0 Å². The Balaban J connectivity index is 1.47. The number of piperidine rings is 1. The molecule has 0 unspecified atom stereocenters. The highest BCUT2D eigenvalue weighted by molar-refractivity contribution is 5.74. The quantitative estimate of drug-likeness (QED) is 0.471. The molecule has 1 saturated heterocycles. The number of hydrogen-bond donors (Lipinski definition) is 2. The van der Waals surface area contributed by atoms with Crippen molar-refractivity contribution in [3.05, 3.63) is 66.9 Å². The van der Waals surface area contributed by atoms with Crippen LogP contribution in [0.15, 0.2) is 61.2 Å². The van der Waals surface area contributed by atoms with Crippen molar-refractivity contribution >= 4 is 5.78 Å². The second-order valence-corrected chi connectivity index (χ2v) is 10.2. The van der Waals surface area contributed by atoms with E-state index in [0.717, 1.165) is 29.7 Å². The number of benzene rings is 1. The summed E-state index contributed by atoms with van der Waals surface area (Å²) in [6.45, 7) is 9.02. The molecule has 5 rings (SSSR count). The second-order valence-electron chi connectivity index (χ2n) is 10.2. The van der Waals surface area contributed by atoms with E-state index in [2.05, 4.69) is 44.1 Å². The van der Waals surface area contributed by atoms with Crippen LogP contribution in [0, 0.1) is 0 Å². The standard InChI is InChI=1S/C26H29N5O/c1-25(2)14-19(15-26(3,4)30-25)21-9-12-31-16-22(29-24(31)28-21)20-6-5-18(13-23(20)32)17-7-10-27-11-8-17/h5-13,16,19,30,32H,14-15H2,1-4H3. The number of aromatic nitrogens is 4. The minimum atomic E-state index is 0.0587. The number of fused-ring (bicyclic) bond motifs is 1. The Hall–Kier alpha value is -3.25. The molecule has 4 aromatic rings. The van der Waals surface area contributed by atoms with Gasteiger partial charge in [0, 0.05) is 53.0 Å². The Labute approximate surface area is 188 Å². The number of aromatic hydroxyl groups is 1. The molecule has 0 spiro atoms. The normalized spacial score (nSPS) is 18.1. The predicted molar refractivity (Wildman–Crippen MR) is 127 cm³/mol. The zero-order valence-electron chi connectivity index (χ0n) is 19.0. The monoisotopic (exact) mass is 427 g/mol. The molecule has 1 aliphatic rings. The van der Waals surface area contributed by atoms with Crippen molar-refractivity contribution in [1.29, 1.82) is 0 Å². The first-order valence-corrected chi connectivity index (χ1v) is 11.1. The lowest BCUT2D eigenvalue weighted by molar-refractivity contribution is 0.160. The fourth-order valence-electron chi connectivity index (χ4n) is 5.25. The Morgan fingerprint density at radius 2 is 1.66 bits per heavy atom. The molecular formula is C26H29N5O. The predicted octanol–water partition coefficient (Wildman–Crippen LogP) is 5.19. The Bertz CT molecular complexity index is 1260. The topological polar surface area (TPSA) is 75.3 Å². The van der Waals surface area contributed by atoms with Crippen molar-refractivity contribution in [2.24, 2.45) is 0 Å². The van der Waals surface area contributed by atoms with Crippen LogP contribution in [0.25, 0.3) is 28.2 Å². The maximum Gasteiger partial charge on any atom is 0.234 e. The van der Waals surface area contributed by atoms with Gasteiger partial charge in [0.25, 0.3) is 0 Å². The number of nitrogens with one attached hydrogen (secondary N) is 1. The number of rotatable bonds is 3. The highest BCUT2D eigenvalue weighted by Crippen LogP contribution is 2.39. The van der Waals surface area contributed by atoms with Crippen LogP contribution in [-0.2, 0) is 0 Å². The maximum atomic E-state index is 10.7. The van der Waals surface area contributed by atoms with Gasteiger partial charge in [-0.1, -0.05) is 6.07 Å². The van der Waals surface area contributed by atoms with Gasteiger partial charge < -0.3 is 10.4 Å². The van der Waals surface area contributed by atoms with E-state index in [1.54, 1.807) is 18.5 Å². The average Bonchev–Trinajstić information content (AvgIpc) is 3.15. The van der Waals surface area contributed by atoms with Crippen LogP contribution in [-0.4, -0.2) is 35.5 Å². The molecule has 1 aromatic carbocycles. The van der Waals surface area contributed by atoms with Gasteiger partial charge in [-0.15, -0.1) is 0 Å². The first-order valence-electron chi connectivity index (χ1n) is 11.1. The summed E-state index contributed by atoms with van der Waals surface area (Å²) in [6, 6.07) is 11.6. The molecule has 0 atom stereocenters. The van der Waals surface area contributed by atoms with Crippen LogP contribution in [0.4, 0.5) is 0 Å².